The summed E-state index contributed by atoms with van der Waals surface area (Å²) in [6.45, 7) is 15.7. The molecule has 0 saturated carbocycles. The van der Waals surface area contributed by atoms with Crippen LogP contribution in [0.3, 0.4) is 0 Å². The number of carbonyl (C=O) groups excluding carboxylic acids is 1. The van der Waals surface area contributed by atoms with E-state index in [1.807, 2.05) is 32.0 Å². The van der Waals surface area contributed by atoms with E-state index in [2.05, 4.69) is 33.0 Å². The Bertz CT molecular complexity index is 455. The molecule has 0 aromatic heterocycles. The first-order valence-electron chi connectivity index (χ1n) is 8.18. The normalized spacial score (nSPS) is 12.5. The van der Waals surface area contributed by atoms with Crippen molar-refractivity contribution in [1.82, 2.24) is 0 Å². The molecule has 0 bridgehead atoms. The van der Waals surface area contributed by atoms with Crippen molar-refractivity contribution in [1.29, 1.82) is 0 Å². The van der Waals surface area contributed by atoms with Gasteiger partial charge in [-0.2, -0.15) is 0 Å². The molecule has 4 heteroatoms. The number of likely N-dealkylation sites (N-methyl/N-ethyl adjacent to an activating group) is 1. The van der Waals surface area contributed by atoms with Crippen molar-refractivity contribution in [2.24, 2.45) is 0 Å². The zero-order chi connectivity index (χ0) is 16.0. The number of hydrogen-bond donors (Lipinski definition) is 1. The molecular formula is C18H31N2OY+. The monoisotopic (exact) mass is 380 g/mol. The molecule has 1 unspecified atom stereocenters. The number of para-hydroxylation sites is 1. The molecule has 0 fully saturated rings. The standard InChI is InChI=1S/C18H30N2O.Y/c1-7-16(20(8-2,9-3)10-4)18(21)19-17-14(5)12-11-13-15(17)6;/h11-13,16H,7-10H2,1-6H3;/p+1. The first kappa shape index (κ1) is 21.8. The number of amides is 1. The minimum atomic E-state index is 0. The Labute approximate surface area is 161 Å². The van der Waals surface area contributed by atoms with E-state index < -0.39 is 0 Å². The van der Waals surface area contributed by atoms with Crippen LogP contribution in [0.25, 0.3) is 0 Å². The number of hydrogen-bond acceptors (Lipinski definition) is 1. The van der Waals surface area contributed by atoms with Crippen molar-refractivity contribution in [2.75, 3.05) is 25.0 Å². The van der Waals surface area contributed by atoms with Crippen LogP contribution in [0.5, 0.6) is 0 Å². The average Bonchev–Trinajstić information content (AvgIpc) is 2.48. The minimum absolute atomic E-state index is 0. The molecular weight excluding hydrogens is 349 g/mol. The van der Waals surface area contributed by atoms with Gasteiger partial charge in [-0.25, -0.2) is 0 Å². The second-order valence-electron chi connectivity index (χ2n) is 5.85. The summed E-state index contributed by atoms with van der Waals surface area (Å²) in [6.07, 6.45) is 0.867. The Morgan fingerprint density at radius 1 is 1.05 bits per heavy atom. The molecule has 1 rings (SSSR count). The van der Waals surface area contributed by atoms with Crippen molar-refractivity contribution in [2.45, 2.75) is 54.0 Å². The molecule has 0 aliphatic carbocycles. The zero-order valence-electron chi connectivity index (χ0n) is 15.1. The fourth-order valence-electron chi connectivity index (χ4n) is 3.37. The van der Waals surface area contributed by atoms with E-state index in [-0.39, 0.29) is 44.7 Å². The van der Waals surface area contributed by atoms with Gasteiger partial charge in [0.2, 0.25) is 0 Å². The molecule has 1 N–H and O–H groups in total. The number of rotatable bonds is 7. The Balaban J connectivity index is 0.00000441. The van der Waals surface area contributed by atoms with E-state index in [9.17, 15) is 4.79 Å². The molecule has 3 nitrogen and oxygen atoms in total. The zero-order valence-corrected chi connectivity index (χ0v) is 17.9. The summed E-state index contributed by atoms with van der Waals surface area (Å²) in [5.74, 6) is 0.153. The smallest absolute Gasteiger partial charge is 0.282 e. The molecule has 1 radical (unpaired) electrons. The summed E-state index contributed by atoms with van der Waals surface area (Å²) >= 11 is 0. The summed E-state index contributed by atoms with van der Waals surface area (Å²) < 4.78 is 0.854. The topological polar surface area (TPSA) is 29.1 Å². The van der Waals surface area contributed by atoms with Crippen molar-refractivity contribution < 1.29 is 42.0 Å². The van der Waals surface area contributed by atoms with Crippen LogP contribution in [0.1, 0.15) is 45.2 Å². The molecule has 0 aliphatic rings. The number of aryl methyl sites for hydroxylation is 2. The van der Waals surface area contributed by atoms with E-state index in [0.717, 1.165) is 47.4 Å². The van der Waals surface area contributed by atoms with Crippen molar-refractivity contribution in [3.63, 3.8) is 0 Å². The Hall–Kier alpha value is -0.246. The van der Waals surface area contributed by atoms with Gasteiger partial charge >= 0.3 is 0 Å². The van der Waals surface area contributed by atoms with Crippen LogP contribution in [0.4, 0.5) is 5.69 Å². The van der Waals surface area contributed by atoms with Crippen LogP contribution in [0.15, 0.2) is 18.2 Å². The van der Waals surface area contributed by atoms with Gasteiger partial charge in [-0.15, -0.1) is 0 Å². The third-order valence-electron chi connectivity index (χ3n) is 4.97. The van der Waals surface area contributed by atoms with Crippen LogP contribution < -0.4 is 5.32 Å². The molecule has 22 heavy (non-hydrogen) atoms. The van der Waals surface area contributed by atoms with Gasteiger partial charge < -0.3 is 9.80 Å². The van der Waals surface area contributed by atoms with Gasteiger partial charge in [0, 0.05) is 44.8 Å². The number of nitrogens with one attached hydrogen (secondary N) is 1. The van der Waals surface area contributed by atoms with Gasteiger partial charge in [0.15, 0.2) is 6.04 Å². The van der Waals surface area contributed by atoms with Crippen LogP contribution >= 0.6 is 0 Å². The van der Waals surface area contributed by atoms with Crippen molar-refractivity contribution in [3.05, 3.63) is 29.3 Å². The van der Waals surface area contributed by atoms with E-state index in [1.54, 1.807) is 0 Å². The molecule has 0 spiro atoms. The van der Waals surface area contributed by atoms with Gasteiger partial charge in [-0.1, -0.05) is 25.1 Å². The largest absolute Gasteiger partial charge is 0.320 e. The molecule has 0 aliphatic heterocycles. The number of benzene rings is 1. The van der Waals surface area contributed by atoms with Gasteiger partial charge in [-0.3, -0.25) is 4.79 Å². The number of anilines is 1. The van der Waals surface area contributed by atoms with E-state index in [0.29, 0.717) is 0 Å². The minimum Gasteiger partial charge on any atom is -0.320 e. The number of nitrogens with zero attached hydrogens (tertiary/aromatic N) is 1. The maximum Gasteiger partial charge on any atom is 0.282 e. The summed E-state index contributed by atoms with van der Waals surface area (Å²) in [7, 11) is 0. The fraction of sp³-hybridized carbons (Fsp3) is 0.611. The predicted octanol–water partition coefficient (Wildman–Crippen LogP) is 3.89. The second kappa shape index (κ2) is 9.80. The van der Waals surface area contributed by atoms with Gasteiger partial charge in [0.05, 0.1) is 19.6 Å². The predicted molar refractivity (Wildman–Crippen MR) is 90.5 cm³/mol. The third-order valence-corrected chi connectivity index (χ3v) is 4.97. The second-order valence-corrected chi connectivity index (χ2v) is 5.85. The van der Waals surface area contributed by atoms with E-state index >= 15 is 0 Å². The molecule has 0 heterocycles. The summed E-state index contributed by atoms with van der Waals surface area (Å²) in [5, 5.41) is 3.18. The van der Waals surface area contributed by atoms with Crippen molar-refractivity contribution in [3.8, 4) is 0 Å². The van der Waals surface area contributed by atoms with Crippen LogP contribution in [0.2, 0.25) is 0 Å². The fourth-order valence-corrected chi connectivity index (χ4v) is 3.37. The van der Waals surface area contributed by atoms with E-state index in [1.165, 1.54) is 0 Å². The number of quaternary nitrogens is 1. The van der Waals surface area contributed by atoms with Gasteiger partial charge in [0.25, 0.3) is 5.91 Å². The Morgan fingerprint density at radius 2 is 1.50 bits per heavy atom. The molecule has 1 amide bonds. The average molecular weight is 380 g/mol. The maximum absolute atomic E-state index is 12.8. The van der Waals surface area contributed by atoms with Crippen LogP contribution in [0, 0.1) is 13.8 Å². The van der Waals surface area contributed by atoms with Gasteiger partial charge in [-0.05, 0) is 45.7 Å². The molecule has 1 atom stereocenters. The van der Waals surface area contributed by atoms with E-state index in [4.69, 9.17) is 0 Å². The third kappa shape index (κ3) is 4.63. The van der Waals surface area contributed by atoms with Gasteiger partial charge in [0.1, 0.15) is 0 Å². The molecule has 121 valence electrons. The SMILES string of the molecule is CCC(C(=O)Nc1c(C)cccc1C)[N+](CC)(CC)CC.[Y]. The molecule has 1 aromatic carbocycles. The quantitative estimate of drug-likeness (QED) is 0.715. The van der Waals surface area contributed by atoms with Crippen LogP contribution in [-0.2, 0) is 37.5 Å². The first-order chi connectivity index (χ1) is 9.95. The molecule has 0 saturated heterocycles. The van der Waals surface area contributed by atoms with Crippen LogP contribution in [-0.4, -0.2) is 36.1 Å². The maximum atomic E-state index is 12.8. The number of carbonyl (C=O) groups is 1. The molecule has 1 aromatic rings. The first-order valence-corrected chi connectivity index (χ1v) is 8.18. The Morgan fingerprint density at radius 3 is 1.86 bits per heavy atom. The van der Waals surface area contributed by atoms with Crippen molar-refractivity contribution >= 4 is 11.6 Å². The summed E-state index contributed by atoms with van der Waals surface area (Å²) in [4.78, 5) is 12.8. The summed E-state index contributed by atoms with van der Waals surface area (Å²) in [5.41, 5.74) is 3.23. The summed E-state index contributed by atoms with van der Waals surface area (Å²) in [6, 6.07) is 6.14. The Kier molecular flexibility index (Phi) is 9.69.